The average Bonchev–Trinajstić information content (AvgIpc) is 3.20. The second-order valence-corrected chi connectivity index (χ2v) is 7.35. The van der Waals surface area contributed by atoms with Gasteiger partial charge >= 0.3 is 151 Å². The quantitative estimate of drug-likeness (QED) is 0.509. The fourth-order valence-corrected chi connectivity index (χ4v) is 4.00. The number of halogens is 4. The summed E-state index contributed by atoms with van der Waals surface area (Å²) in [5.41, 5.74) is -0.800. The topological polar surface area (TPSA) is 59.8 Å². The molecule has 0 unspecified atom stereocenters. The number of aromatic nitrogens is 3. The maximum atomic E-state index is 13.6. The molecule has 0 aliphatic carbocycles. The minimum atomic E-state index is -4.54. The fraction of sp³-hybridized carbons (Fsp3) is 0.188. The van der Waals surface area contributed by atoms with Gasteiger partial charge in [-0.3, -0.25) is 0 Å². The molecule has 0 aliphatic heterocycles. The molecular weight excluding hydrogens is 419 g/mol. The Labute approximate surface area is 151 Å². The zero-order valence-electron chi connectivity index (χ0n) is 13.3. The maximum absolute atomic E-state index is 13.6. The minimum absolute atomic E-state index is 0.127. The molecule has 0 bridgehead atoms. The van der Waals surface area contributed by atoms with Gasteiger partial charge in [0.25, 0.3) is 0 Å². The molecule has 136 valence electrons. The van der Waals surface area contributed by atoms with Gasteiger partial charge in [0.15, 0.2) is 0 Å². The zero-order chi connectivity index (χ0) is 18.9. The van der Waals surface area contributed by atoms with E-state index in [9.17, 15) is 22.4 Å². The predicted molar refractivity (Wildman–Crippen MR) is 87.4 cm³/mol. The predicted octanol–water partition coefficient (Wildman–Crippen LogP) is 3.43. The van der Waals surface area contributed by atoms with Crippen LogP contribution in [-0.4, -0.2) is 35.2 Å². The van der Waals surface area contributed by atoms with Gasteiger partial charge in [-0.1, -0.05) is 0 Å². The molecule has 0 saturated heterocycles. The van der Waals surface area contributed by atoms with Crippen LogP contribution in [-0.2, 0) is 12.7 Å². The van der Waals surface area contributed by atoms with Crippen LogP contribution in [0.25, 0.3) is 10.1 Å². The third kappa shape index (κ3) is 3.71. The number of hydrogen-bond donors (Lipinski definition) is 1. The van der Waals surface area contributed by atoms with Gasteiger partial charge in [-0.05, 0) is 0 Å². The summed E-state index contributed by atoms with van der Waals surface area (Å²) in [5, 5.41) is 6.07. The van der Waals surface area contributed by atoms with Gasteiger partial charge < -0.3 is 0 Å². The third-order valence-corrected chi connectivity index (χ3v) is 5.43. The summed E-state index contributed by atoms with van der Waals surface area (Å²) in [6.45, 7) is 1.94. The van der Waals surface area contributed by atoms with Gasteiger partial charge in [0.1, 0.15) is 0 Å². The number of anilines is 1. The number of carbonyl (C=O) groups excluding carboxylic acids is 1. The first-order chi connectivity index (χ1) is 12.3. The molecule has 3 rings (SSSR count). The van der Waals surface area contributed by atoms with Crippen LogP contribution in [0.15, 0.2) is 36.5 Å². The first kappa shape index (κ1) is 18.3. The number of alkyl halides is 3. The third-order valence-electron chi connectivity index (χ3n) is 3.47. The van der Waals surface area contributed by atoms with E-state index in [-0.39, 0.29) is 16.8 Å². The van der Waals surface area contributed by atoms with E-state index in [0.717, 1.165) is 6.07 Å². The Morgan fingerprint density at radius 3 is 2.69 bits per heavy atom. The first-order valence-electron chi connectivity index (χ1n) is 7.46. The molecule has 1 aromatic carbocycles. The van der Waals surface area contributed by atoms with Crippen molar-refractivity contribution in [2.45, 2.75) is 19.6 Å². The molecule has 1 N–H and O–H groups in total. The number of amides is 1. The number of rotatable bonds is 4. The number of aryl methyl sites for hydroxylation is 1. The second-order valence-electron chi connectivity index (χ2n) is 5.19. The Kier molecular flexibility index (Phi) is 4.97. The van der Waals surface area contributed by atoms with Crippen LogP contribution in [0.4, 0.5) is 22.3 Å². The summed E-state index contributed by atoms with van der Waals surface area (Å²) in [5.74, 6) is -1.32. The molecule has 2 aromatic heterocycles. The van der Waals surface area contributed by atoms with Gasteiger partial charge in [-0.25, -0.2) is 0 Å². The molecule has 0 fully saturated rings. The van der Waals surface area contributed by atoms with Crippen molar-refractivity contribution >= 4 is 25.1 Å². The van der Waals surface area contributed by atoms with Crippen LogP contribution < -0.4 is 5.32 Å². The van der Waals surface area contributed by atoms with Crippen molar-refractivity contribution in [3.63, 3.8) is 0 Å². The van der Waals surface area contributed by atoms with Crippen LogP contribution >= 0.6 is 0 Å². The summed E-state index contributed by atoms with van der Waals surface area (Å²) in [7, 11) is 0. The Hall–Kier alpha value is -2.45. The number of carbonyl (C=O) groups is 1. The first-order valence-corrected chi connectivity index (χ1v) is 9.18. The summed E-state index contributed by atoms with van der Waals surface area (Å²) in [4.78, 5) is 16.2. The molecule has 26 heavy (non-hydrogen) atoms. The van der Waals surface area contributed by atoms with Gasteiger partial charge in [0, 0.05) is 0 Å². The van der Waals surface area contributed by atoms with Crippen LogP contribution in [0.1, 0.15) is 23.0 Å². The van der Waals surface area contributed by atoms with Crippen molar-refractivity contribution in [3.8, 4) is 10.1 Å². The van der Waals surface area contributed by atoms with Gasteiger partial charge in [-0.2, -0.15) is 0 Å². The molecule has 1 amide bonds. The molecule has 3 aromatic rings. The molecule has 10 heteroatoms. The van der Waals surface area contributed by atoms with Gasteiger partial charge in [0.2, 0.25) is 0 Å². The second kappa shape index (κ2) is 7.05. The summed E-state index contributed by atoms with van der Waals surface area (Å²) < 4.78 is 54.3. The van der Waals surface area contributed by atoms with Crippen molar-refractivity contribution in [3.05, 3.63) is 53.6 Å². The number of nitrogens with zero attached hydrogens (tertiary/aromatic N) is 3. The van der Waals surface area contributed by atoms with Crippen LogP contribution in [0.2, 0.25) is 0 Å². The Balaban J connectivity index is 1.86. The van der Waals surface area contributed by atoms with Crippen LogP contribution in [0, 0.1) is 5.82 Å². The van der Waals surface area contributed by atoms with Crippen molar-refractivity contribution in [2.75, 3.05) is 5.32 Å². The Morgan fingerprint density at radius 1 is 1.31 bits per heavy atom. The molecule has 0 atom stereocenters. The van der Waals surface area contributed by atoms with Crippen molar-refractivity contribution in [2.24, 2.45) is 0 Å². The van der Waals surface area contributed by atoms with E-state index in [1.807, 2.05) is 0 Å². The zero-order valence-corrected chi connectivity index (χ0v) is 15.1. The molecule has 0 aliphatic rings. The average molecular weight is 431 g/mol. The molecule has 0 radical (unpaired) electrons. The number of hydrogen-bond acceptors (Lipinski definition) is 3. The van der Waals surface area contributed by atoms with Crippen molar-refractivity contribution < 1.29 is 22.4 Å². The monoisotopic (exact) mass is 432 g/mol. The summed E-state index contributed by atoms with van der Waals surface area (Å²) >= 11 is -0.531. The van der Waals surface area contributed by atoms with Gasteiger partial charge in [-0.15, -0.1) is 0 Å². The van der Waals surface area contributed by atoms with E-state index in [4.69, 9.17) is 0 Å². The molecule has 2 heterocycles. The number of nitrogens with one attached hydrogen (secondary N) is 1. The molecule has 5 nitrogen and oxygen atoms in total. The molecule has 0 saturated carbocycles. The van der Waals surface area contributed by atoms with Crippen LogP contribution in [0.3, 0.4) is 0 Å². The normalized spacial score (nSPS) is 11.6. The van der Waals surface area contributed by atoms with E-state index in [2.05, 4.69) is 15.4 Å². The molecule has 0 spiro atoms. The standard InChI is InChI=1S/C16H12F4N4OSe/c1-2-24-11(7-13(23-24)16(18,19)20)12-8-21-15(26-12)22-14(25)9-5-3-4-6-10(9)17/h3-8H,2H2,1H3,(H,21,22,25). The van der Waals surface area contributed by atoms with E-state index in [1.54, 1.807) is 6.92 Å². The van der Waals surface area contributed by atoms with E-state index < -0.39 is 38.1 Å². The van der Waals surface area contributed by atoms with Crippen molar-refractivity contribution in [1.82, 2.24) is 14.8 Å². The summed E-state index contributed by atoms with van der Waals surface area (Å²) in [6.07, 6.45) is -3.13. The Morgan fingerprint density at radius 2 is 2.04 bits per heavy atom. The Bertz CT molecular complexity index is 948. The molecular formula is C16H12F4N4OSe. The number of benzene rings is 1. The van der Waals surface area contributed by atoms with Crippen LogP contribution in [0.5, 0.6) is 0 Å². The fourth-order valence-electron chi connectivity index (χ4n) is 2.25. The SMILES string of the molecule is CCn1nc(C(F)(F)F)cc1-c1cnc(NC(=O)c2ccccc2F)[se]1. The van der Waals surface area contributed by atoms with Crippen molar-refractivity contribution in [1.29, 1.82) is 0 Å². The van der Waals surface area contributed by atoms with E-state index >= 15 is 0 Å². The van der Waals surface area contributed by atoms with E-state index in [1.165, 1.54) is 35.1 Å². The summed E-state index contributed by atoms with van der Waals surface area (Å²) in [6, 6.07) is 6.46. The van der Waals surface area contributed by atoms with Gasteiger partial charge in [0.05, 0.1) is 0 Å². The van der Waals surface area contributed by atoms with E-state index in [0.29, 0.717) is 10.1 Å².